The minimum absolute atomic E-state index is 0.0579. The normalized spacial score (nSPS) is 10.7. The zero-order chi connectivity index (χ0) is 13.1. The van der Waals surface area contributed by atoms with Crippen molar-refractivity contribution in [2.45, 2.75) is 9.79 Å². The first-order valence-electron chi connectivity index (χ1n) is 4.82. The molecule has 0 aliphatic carbocycles. The van der Waals surface area contributed by atoms with Crippen LogP contribution in [0.2, 0.25) is 10.0 Å². The van der Waals surface area contributed by atoms with Crippen LogP contribution in [0.25, 0.3) is 0 Å². The molecule has 0 aliphatic heterocycles. The lowest BCUT2D eigenvalue weighted by molar-refractivity contribution is 0.624. The quantitative estimate of drug-likeness (QED) is 0.629. The summed E-state index contributed by atoms with van der Waals surface area (Å²) < 4.78 is 26.4. The minimum Gasteiger partial charge on any atom is -0.205 e. The summed E-state index contributed by atoms with van der Waals surface area (Å²) in [5, 5.41) is 0.116. The fraction of sp³-hybridized carbons (Fsp3) is 0. The molecule has 0 heterocycles. The molecule has 94 valence electrons. The van der Waals surface area contributed by atoms with Gasteiger partial charge in [0.25, 0.3) is 0 Å². The molecule has 0 amide bonds. The Morgan fingerprint density at radius 3 is 1.50 bits per heavy atom. The monoisotopic (exact) mass is 322 g/mol. The highest BCUT2D eigenvalue weighted by atomic mass is 35.5. The molecule has 2 rings (SSSR count). The summed E-state index contributed by atoms with van der Waals surface area (Å²) >= 11 is 11.6. The summed E-state index contributed by atoms with van der Waals surface area (Å²) in [4.78, 5) is 1.14. The molecule has 0 saturated carbocycles. The maximum absolute atomic E-state index is 13.2. The standard InChI is InChI=1S/C12H6Cl2F2S2/c13-11-7(15)3-1-5-9(11)17-18-10-6-2-4-8(16)12(10)14/h1-6H. The van der Waals surface area contributed by atoms with E-state index >= 15 is 0 Å². The van der Waals surface area contributed by atoms with E-state index in [1.807, 2.05) is 0 Å². The van der Waals surface area contributed by atoms with Crippen molar-refractivity contribution >= 4 is 44.8 Å². The van der Waals surface area contributed by atoms with Gasteiger partial charge >= 0.3 is 0 Å². The average molecular weight is 323 g/mol. The third kappa shape index (κ3) is 3.12. The van der Waals surface area contributed by atoms with Crippen molar-refractivity contribution in [3.05, 3.63) is 58.1 Å². The summed E-state index contributed by atoms with van der Waals surface area (Å²) in [5.41, 5.74) is 0. The molecule has 0 unspecified atom stereocenters. The Labute approximate surface area is 121 Å². The molecular formula is C12H6Cl2F2S2. The van der Waals surface area contributed by atoms with E-state index in [-0.39, 0.29) is 10.0 Å². The first-order chi connectivity index (χ1) is 8.59. The van der Waals surface area contributed by atoms with Gasteiger partial charge in [0.05, 0.1) is 10.0 Å². The van der Waals surface area contributed by atoms with E-state index in [1.54, 1.807) is 24.3 Å². The number of rotatable bonds is 3. The van der Waals surface area contributed by atoms with Gasteiger partial charge in [0.1, 0.15) is 11.6 Å². The number of halogens is 4. The van der Waals surface area contributed by atoms with Crippen molar-refractivity contribution in [1.82, 2.24) is 0 Å². The van der Waals surface area contributed by atoms with Crippen LogP contribution in [0.1, 0.15) is 0 Å². The minimum atomic E-state index is -0.479. The Bertz CT molecular complexity index is 524. The van der Waals surface area contributed by atoms with Gasteiger partial charge in [0.15, 0.2) is 0 Å². The molecule has 0 fully saturated rings. The molecular weight excluding hydrogens is 317 g/mol. The molecule has 0 bridgehead atoms. The van der Waals surface area contributed by atoms with Gasteiger partial charge in [0.2, 0.25) is 0 Å². The van der Waals surface area contributed by atoms with Gasteiger partial charge in [-0.15, -0.1) is 0 Å². The second-order valence-electron chi connectivity index (χ2n) is 3.27. The fourth-order valence-corrected chi connectivity index (χ4v) is 4.11. The van der Waals surface area contributed by atoms with Crippen molar-refractivity contribution in [3.63, 3.8) is 0 Å². The Morgan fingerprint density at radius 2 is 1.11 bits per heavy atom. The van der Waals surface area contributed by atoms with Crippen LogP contribution in [-0.2, 0) is 0 Å². The third-order valence-electron chi connectivity index (χ3n) is 2.05. The summed E-state index contributed by atoms with van der Waals surface area (Å²) in [6.07, 6.45) is 0. The van der Waals surface area contributed by atoms with E-state index in [2.05, 4.69) is 0 Å². The summed E-state index contributed by atoms with van der Waals surface area (Å²) in [5.74, 6) is -0.958. The molecule has 18 heavy (non-hydrogen) atoms. The van der Waals surface area contributed by atoms with Gasteiger partial charge in [-0.05, 0) is 24.3 Å². The summed E-state index contributed by atoms with van der Waals surface area (Å²) in [6, 6.07) is 9.08. The molecule has 0 N–H and O–H groups in total. The lowest BCUT2D eigenvalue weighted by Gasteiger charge is -2.05. The highest BCUT2D eigenvalue weighted by molar-refractivity contribution is 8.76. The van der Waals surface area contributed by atoms with E-state index < -0.39 is 11.6 Å². The molecule has 0 atom stereocenters. The van der Waals surface area contributed by atoms with Crippen LogP contribution in [0.4, 0.5) is 8.78 Å². The average Bonchev–Trinajstić information content (AvgIpc) is 2.36. The number of hydrogen-bond donors (Lipinski definition) is 0. The van der Waals surface area contributed by atoms with E-state index in [9.17, 15) is 8.78 Å². The predicted octanol–water partition coefficient (Wildman–Crippen LogP) is 6.07. The van der Waals surface area contributed by atoms with E-state index in [4.69, 9.17) is 23.2 Å². The highest BCUT2D eigenvalue weighted by Gasteiger charge is 2.10. The highest BCUT2D eigenvalue weighted by Crippen LogP contribution is 2.43. The molecule has 6 heteroatoms. The smallest absolute Gasteiger partial charge is 0.142 e. The van der Waals surface area contributed by atoms with Crippen molar-refractivity contribution < 1.29 is 8.78 Å². The molecule has 0 aliphatic rings. The number of benzene rings is 2. The maximum atomic E-state index is 13.2. The van der Waals surface area contributed by atoms with Crippen molar-refractivity contribution in [2.24, 2.45) is 0 Å². The molecule has 2 aromatic carbocycles. The molecule has 0 saturated heterocycles. The third-order valence-corrected chi connectivity index (χ3v) is 5.50. The Balaban J connectivity index is 2.17. The van der Waals surface area contributed by atoms with Crippen LogP contribution in [0, 0.1) is 11.6 Å². The molecule has 0 radical (unpaired) electrons. The van der Waals surface area contributed by atoms with Crippen LogP contribution < -0.4 is 0 Å². The van der Waals surface area contributed by atoms with Gasteiger partial charge in [0, 0.05) is 9.79 Å². The number of hydrogen-bond acceptors (Lipinski definition) is 2. The van der Waals surface area contributed by atoms with Crippen LogP contribution in [-0.4, -0.2) is 0 Å². The first kappa shape index (κ1) is 14.0. The SMILES string of the molecule is Fc1cccc(SSc2cccc(F)c2Cl)c1Cl. The van der Waals surface area contributed by atoms with Gasteiger partial charge in [-0.1, -0.05) is 56.9 Å². The second-order valence-corrected chi connectivity index (χ2v) is 6.24. The van der Waals surface area contributed by atoms with E-state index in [1.165, 1.54) is 33.7 Å². The van der Waals surface area contributed by atoms with Gasteiger partial charge in [-0.2, -0.15) is 0 Å². The molecule has 0 aromatic heterocycles. The Kier molecular flexibility index (Phi) is 4.78. The topological polar surface area (TPSA) is 0 Å². The van der Waals surface area contributed by atoms with Crippen molar-refractivity contribution in [2.75, 3.05) is 0 Å². The lowest BCUT2D eigenvalue weighted by atomic mass is 10.3. The molecule has 0 spiro atoms. The summed E-state index contributed by atoms with van der Waals surface area (Å²) in [6.45, 7) is 0. The van der Waals surface area contributed by atoms with Gasteiger partial charge in [-0.25, -0.2) is 8.78 Å². The Morgan fingerprint density at radius 1 is 0.722 bits per heavy atom. The first-order valence-corrected chi connectivity index (χ1v) is 7.72. The van der Waals surface area contributed by atoms with Crippen molar-refractivity contribution in [3.8, 4) is 0 Å². The second kappa shape index (κ2) is 6.15. The van der Waals surface area contributed by atoms with E-state index in [0.29, 0.717) is 9.79 Å². The molecule has 2 aromatic rings. The van der Waals surface area contributed by atoms with Gasteiger partial charge in [-0.3, -0.25) is 0 Å². The largest absolute Gasteiger partial charge is 0.205 e. The molecule has 0 nitrogen and oxygen atoms in total. The summed E-state index contributed by atoms with van der Waals surface area (Å²) in [7, 11) is 2.46. The predicted molar refractivity (Wildman–Crippen MR) is 74.5 cm³/mol. The zero-order valence-electron chi connectivity index (χ0n) is 8.79. The van der Waals surface area contributed by atoms with Crippen molar-refractivity contribution in [1.29, 1.82) is 0 Å². The lowest BCUT2D eigenvalue weighted by Crippen LogP contribution is -1.80. The van der Waals surface area contributed by atoms with Crippen LogP contribution in [0.5, 0.6) is 0 Å². The zero-order valence-corrected chi connectivity index (χ0v) is 11.9. The van der Waals surface area contributed by atoms with Crippen LogP contribution in [0.3, 0.4) is 0 Å². The van der Waals surface area contributed by atoms with Gasteiger partial charge < -0.3 is 0 Å². The maximum Gasteiger partial charge on any atom is 0.142 e. The fourth-order valence-electron chi connectivity index (χ4n) is 1.19. The van der Waals surface area contributed by atoms with E-state index in [0.717, 1.165) is 0 Å². The van der Waals surface area contributed by atoms with Crippen LogP contribution >= 0.6 is 44.8 Å². The Hall–Kier alpha value is -0.420. The van der Waals surface area contributed by atoms with Crippen LogP contribution in [0.15, 0.2) is 46.2 Å².